The van der Waals surface area contributed by atoms with E-state index in [0.29, 0.717) is 22.9 Å². The number of nitriles is 1. The molecule has 0 aliphatic heterocycles. The Bertz CT molecular complexity index is 625. The number of rotatable bonds is 4. The van der Waals surface area contributed by atoms with Crippen molar-refractivity contribution in [3.8, 4) is 17.7 Å². The molecule has 2 aromatic rings. The van der Waals surface area contributed by atoms with Crippen LogP contribution in [0, 0.1) is 11.3 Å². The predicted octanol–water partition coefficient (Wildman–Crippen LogP) is 2.62. The standard InChI is InChI=1S/C14H16N4O/c1-3-5-12-13(16)14(18(2)17-12)19-11-7-4-6-10(8-11)9-15/h4,6-8H,3,5,16H2,1-2H3. The Morgan fingerprint density at radius 1 is 1.47 bits per heavy atom. The van der Waals surface area contributed by atoms with E-state index in [4.69, 9.17) is 15.7 Å². The van der Waals surface area contributed by atoms with E-state index < -0.39 is 0 Å². The highest BCUT2D eigenvalue weighted by Gasteiger charge is 2.14. The summed E-state index contributed by atoms with van der Waals surface area (Å²) in [7, 11) is 1.79. The summed E-state index contributed by atoms with van der Waals surface area (Å²) in [5.41, 5.74) is 7.99. The average molecular weight is 256 g/mol. The van der Waals surface area contributed by atoms with Gasteiger partial charge in [-0.15, -0.1) is 0 Å². The minimum atomic E-state index is 0.513. The second kappa shape index (κ2) is 5.44. The van der Waals surface area contributed by atoms with Gasteiger partial charge in [0.2, 0.25) is 5.88 Å². The summed E-state index contributed by atoms with van der Waals surface area (Å²) in [6.45, 7) is 2.07. The van der Waals surface area contributed by atoms with Crippen LogP contribution >= 0.6 is 0 Å². The van der Waals surface area contributed by atoms with E-state index in [2.05, 4.69) is 18.1 Å². The van der Waals surface area contributed by atoms with Crippen molar-refractivity contribution in [2.24, 2.45) is 7.05 Å². The van der Waals surface area contributed by atoms with Crippen molar-refractivity contribution in [2.75, 3.05) is 5.73 Å². The maximum atomic E-state index is 8.86. The molecule has 0 spiro atoms. The molecule has 0 aliphatic rings. The first-order valence-corrected chi connectivity index (χ1v) is 6.15. The Labute approximate surface area is 112 Å². The first-order chi connectivity index (χ1) is 9.15. The van der Waals surface area contributed by atoms with Gasteiger partial charge in [0, 0.05) is 7.05 Å². The molecule has 1 aromatic heterocycles. The van der Waals surface area contributed by atoms with E-state index in [1.807, 2.05) is 0 Å². The van der Waals surface area contributed by atoms with Crippen LogP contribution in [0.3, 0.4) is 0 Å². The van der Waals surface area contributed by atoms with Gasteiger partial charge in [-0.3, -0.25) is 0 Å². The number of benzene rings is 1. The Balaban J connectivity index is 2.30. The summed E-state index contributed by atoms with van der Waals surface area (Å²) in [6, 6.07) is 9.03. The molecule has 19 heavy (non-hydrogen) atoms. The van der Waals surface area contributed by atoms with E-state index in [-0.39, 0.29) is 0 Å². The molecular weight excluding hydrogens is 240 g/mol. The molecule has 2 N–H and O–H groups in total. The van der Waals surface area contributed by atoms with Crippen LogP contribution in [-0.2, 0) is 13.5 Å². The van der Waals surface area contributed by atoms with Crippen molar-refractivity contribution in [3.63, 3.8) is 0 Å². The smallest absolute Gasteiger partial charge is 0.241 e. The van der Waals surface area contributed by atoms with Crippen LogP contribution < -0.4 is 10.5 Å². The molecule has 5 nitrogen and oxygen atoms in total. The number of nitrogen functional groups attached to an aromatic ring is 1. The van der Waals surface area contributed by atoms with Crippen LogP contribution in [0.1, 0.15) is 24.6 Å². The summed E-state index contributed by atoms with van der Waals surface area (Å²) >= 11 is 0. The third-order valence-corrected chi connectivity index (χ3v) is 2.77. The third kappa shape index (κ3) is 2.68. The lowest BCUT2D eigenvalue weighted by atomic mass is 10.2. The Morgan fingerprint density at radius 2 is 2.26 bits per heavy atom. The van der Waals surface area contributed by atoms with Gasteiger partial charge in [0.25, 0.3) is 0 Å². The van der Waals surface area contributed by atoms with E-state index in [0.717, 1.165) is 18.5 Å². The maximum Gasteiger partial charge on any atom is 0.241 e. The van der Waals surface area contributed by atoms with Gasteiger partial charge in [0.05, 0.1) is 17.3 Å². The van der Waals surface area contributed by atoms with Crippen molar-refractivity contribution >= 4 is 5.69 Å². The van der Waals surface area contributed by atoms with Gasteiger partial charge in [-0.25, -0.2) is 4.68 Å². The zero-order chi connectivity index (χ0) is 13.8. The molecule has 0 saturated heterocycles. The van der Waals surface area contributed by atoms with Gasteiger partial charge in [-0.05, 0) is 24.6 Å². The molecule has 0 aliphatic carbocycles. The second-order valence-corrected chi connectivity index (χ2v) is 4.28. The lowest BCUT2D eigenvalue weighted by Gasteiger charge is -2.06. The molecule has 0 amide bonds. The lowest BCUT2D eigenvalue weighted by Crippen LogP contribution is -1.97. The molecule has 2 rings (SSSR count). The van der Waals surface area contributed by atoms with E-state index >= 15 is 0 Å². The summed E-state index contributed by atoms with van der Waals surface area (Å²) in [5.74, 6) is 1.09. The van der Waals surface area contributed by atoms with Gasteiger partial charge in [-0.1, -0.05) is 19.4 Å². The highest BCUT2D eigenvalue weighted by atomic mass is 16.5. The SMILES string of the molecule is CCCc1nn(C)c(Oc2cccc(C#N)c2)c1N. The number of hydrogen-bond donors (Lipinski definition) is 1. The van der Waals surface area contributed by atoms with Crippen molar-refractivity contribution in [1.82, 2.24) is 9.78 Å². The topological polar surface area (TPSA) is 76.9 Å². The van der Waals surface area contributed by atoms with Gasteiger partial charge in [0.1, 0.15) is 11.4 Å². The van der Waals surface area contributed by atoms with Crippen LogP contribution in [0.25, 0.3) is 0 Å². The fraction of sp³-hybridized carbons (Fsp3) is 0.286. The number of nitrogens with zero attached hydrogens (tertiary/aromatic N) is 3. The van der Waals surface area contributed by atoms with Crippen LogP contribution in [0.5, 0.6) is 11.6 Å². The van der Waals surface area contributed by atoms with Crippen molar-refractivity contribution < 1.29 is 4.74 Å². The molecule has 0 bridgehead atoms. The molecule has 0 saturated carbocycles. The first kappa shape index (κ1) is 13.0. The Hall–Kier alpha value is -2.48. The average Bonchev–Trinajstić information content (AvgIpc) is 2.67. The molecular formula is C14H16N4O. The van der Waals surface area contributed by atoms with Crippen molar-refractivity contribution in [1.29, 1.82) is 5.26 Å². The molecule has 5 heteroatoms. The van der Waals surface area contributed by atoms with Gasteiger partial charge in [0.15, 0.2) is 0 Å². The molecule has 0 fully saturated rings. The predicted molar refractivity (Wildman–Crippen MR) is 72.8 cm³/mol. The Morgan fingerprint density at radius 3 is 2.95 bits per heavy atom. The highest BCUT2D eigenvalue weighted by molar-refractivity contribution is 5.54. The monoisotopic (exact) mass is 256 g/mol. The minimum absolute atomic E-state index is 0.513. The van der Waals surface area contributed by atoms with Crippen molar-refractivity contribution in [2.45, 2.75) is 19.8 Å². The quantitative estimate of drug-likeness (QED) is 0.912. The fourth-order valence-corrected chi connectivity index (χ4v) is 1.86. The molecule has 98 valence electrons. The van der Waals surface area contributed by atoms with E-state index in [1.54, 1.807) is 36.0 Å². The summed E-state index contributed by atoms with van der Waals surface area (Å²) < 4.78 is 7.36. The van der Waals surface area contributed by atoms with Gasteiger partial charge in [-0.2, -0.15) is 10.4 Å². The molecule has 1 heterocycles. The summed E-state index contributed by atoms with van der Waals surface area (Å²) in [5, 5.41) is 13.2. The van der Waals surface area contributed by atoms with Gasteiger partial charge < -0.3 is 10.5 Å². The normalized spacial score (nSPS) is 10.2. The third-order valence-electron chi connectivity index (χ3n) is 2.77. The van der Waals surface area contributed by atoms with Crippen LogP contribution in [0.2, 0.25) is 0 Å². The lowest BCUT2D eigenvalue weighted by molar-refractivity contribution is 0.432. The van der Waals surface area contributed by atoms with Crippen LogP contribution in [0.15, 0.2) is 24.3 Å². The highest BCUT2D eigenvalue weighted by Crippen LogP contribution is 2.30. The fourth-order valence-electron chi connectivity index (χ4n) is 1.86. The maximum absolute atomic E-state index is 8.86. The number of aryl methyl sites for hydroxylation is 2. The summed E-state index contributed by atoms with van der Waals surface area (Å²) in [6.07, 6.45) is 1.80. The van der Waals surface area contributed by atoms with Crippen LogP contribution in [-0.4, -0.2) is 9.78 Å². The number of ether oxygens (including phenoxy) is 1. The van der Waals surface area contributed by atoms with E-state index in [9.17, 15) is 0 Å². The molecule has 0 radical (unpaired) electrons. The number of hydrogen-bond acceptors (Lipinski definition) is 4. The number of anilines is 1. The van der Waals surface area contributed by atoms with Crippen molar-refractivity contribution in [3.05, 3.63) is 35.5 Å². The largest absolute Gasteiger partial charge is 0.437 e. The van der Waals surface area contributed by atoms with E-state index in [1.165, 1.54) is 0 Å². The molecule has 0 unspecified atom stereocenters. The van der Waals surface area contributed by atoms with Gasteiger partial charge >= 0.3 is 0 Å². The second-order valence-electron chi connectivity index (χ2n) is 4.28. The zero-order valence-corrected chi connectivity index (χ0v) is 11.1. The molecule has 0 atom stereocenters. The summed E-state index contributed by atoms with van der Waals surface area (Å²) in [4.78, 5) is 0. The molecule has 1 aromatic carbocycles. The minimum Gasteiger partial charge on any atom is -0.437 e. The van der Waals surface area contributed by atoms with Crippen LogP contribution in [0.4, 0.5) is 5.69 Å². The first-order valence-electron chi connectivity index (χ1n) is 6.15. The number of aromatic nitrogens is 2. The Kier molecular flexibility index (Phi) is 3.71. The zero-order valence-electron chi connectivity index (χ0n) is 11.1. The number of nitrogens with two attached hydrogens (primary N) is 1.